The fourth-order valence-corrected chi connectivity index (χ4v) is 2.31. The molecule has 7 heteroatoms. The summed E-state index contributed by atoms with van der Waals surface area (Å²) in [6.45, 7) is 2.92. The van der Waals surface area contributed by atoms with Gasteiger partial charge in [0.15, 0.2) is 5.60 Å². The van der Waals surface area contributed by atoms with E-state index in [1.165, 1.54) is 13.8 Å². The predicted octanol–water partition coefficient (Wildman–Crippen LogP) is 4.42. The summed E-state index contributed by atoms with van der Waals surface area (Å²) in [7, 11) is 0. The van der Waals surface area contributed by atoms with Crippen LogP contribution in [0.1, 0.15) is 19.4 Å². The third-order valence-electron chi connectivity index (χ3n) is 3.37. The number of anilines is 1. The summed E-state index contributed by atoms with van der Waals surface area (Å²) in [4.78, 5) is 23.1. The standard InChI is InChI=1S/C18H17Cl2NO4/c1-18(2,17(23)24)25-13-6-4-12(5-7-13)21-16(22)10-11-3-8-14(19)15(20)9-11/h3-9H,10H2,1-2H3,(H,21,22)(H,23,24). The molecule has 2 rings (SSSR count). The van der Waals surface area contributed by atoms with Gasteiger partial charge in [-0.05, 0) is 55.8 Å². The maximum atomic E-state index is 12.1. The van der Waals surface area contributed by atoms with E-state index >= 15 is 0 Å². The van der Waals surface area contributed by atoms with E-state index in [0.717, 1.165) is 5.56 Å². The highest BCUT2D eigenvalue weighted by Crippen LogP contribution is 2.24. The van der Waals surface area contributed by atoms with E-state index in [4.69, 9.17) is 33.0 Å². The fraction of sp³-hybridized carbons (Fsp3) is 0.222. The van der Waals surface area contributed by atoms with Crippen LogP contribution in [0.2, 0.25) is 10.0 Å². The van der Waals surface area contributed by atoms with Crippen molar-refractivity contribution in [3.05, 3.63) is 58.1 Å². The number of carboxylic acids is 1. The van der Waals surface area contributed by atoms with Gasteiger partial charge in [-0.1, -0.05) is 29.3 Å². The molecule has 2 aromatic carbocycles. The molecular formula is C18H17Cl2NO4. The Morgan fingerprint density at radius 3 is 2.28 bits per heavy atom. The van der Waals surface area contributed by atoms with Gasteiger partial charge in [0.25, 0.3) is 0 Å². The van der Waals surface area contributed by atoms with E-state index in [-0.39, 0.29) is 12.3 Å². The lowest BCUT2D eigenvalue weighted by Crippen LogP contribution is -2.37. The first-order chi connectivity index (χ1) is 11.7. The topological polar surface area (TPSA) is 75.6 Å². The molecule has 0 atom stereocenters. The first kappa shape index (κ1) is 19.1. The molecule has 0 saturated heterocycles. The van der Waals surface area contributed by atoms with Gasteiger partial charge >= 0.3 is 5.97 Å². The zero-order valence-electron chi connectivity index (χ0n) is 13.7. The number of hydrogen-bond acceptors (Lipinski definition) is 3. The number of ether oxygens (including phenoxy) is 1. The van der Waals surface area contributed by atoms with Crippen LogP contribution in [0.25, 0.3) is 0 Å². The number of aliphatic carboxylic acids is 1. The minimum atomic E-state index is -1.33. The van der Waals surface area contributed by atoms with Gasteiger partial charge in [0, 0.05) is 5.69 Å². The van der Waals surface area contributed by atoms with Crippen LogP contribution in [-0.4, -0.2) is 22.6 Å². The number of halogens is 2. The number of amides is 1. The van der Waals surface area contributed by atoms with Crippen molar-refractivity contribution in [1.29, 1.82) is 0 Å². The van der Waals surface area contributed by atoms with E-state index in [1.54, 1.807) is 42.5 Å². The number of rotatable bonds is 6. The highest BCUT2D eigenvalue weighted by molar-refractivity contribution is 6.42. The van der Waals surface area contributed by atoms with Crippen molar-refractivity contribution >= 4 is 40.8 Å². The summed E-state index contributed by atoms with van der Waals surface area (Å²) in [5, 5.41) is 12.6. The van der Waals surface area contributed by atoms with Gasteiger partial charge in [-0.25, -0.2) is 4.79 Å². The Balaban J connectivity index is 1.97. The summed E-state index contributed by atoms with van der Waals surface area (Å²) in [6.07, 6.45) is 0.154. The second-order valence-corrected chi connectivity index (χ2v) is 6.73. The van der Waals surface area contributed by atoms with Crippen LogP contribution in [0.5, 0.6) is 5.75 Å². The number of nitrogens with one attached hydrogen (secondary N) is 1. The van der Waals surface area contributed by atoms with Crippen molar-refractivity contribution in [3.8, 4) is 5.75 Å². The molecule has 0 aromatic heterocycles. The highest BCUT2D eigenvalue weighted by Gasteiger charge is 2.29. The number of carboxylic acid groups (broad SMARTS) is 1. The second kappa shape index (κ2) is 7.76. The molecule has 2 N–H and O–H groups in total. The van der Waals surface area contributed by atoms with E-state index in [2.05, 4.69) is 5.32 Å². The van der Waals surface area contributed by atoms with E-state index in [9.17, 15) is 9.59 Å². The summed E-state index contributed by atoms with van der Waals surface area (Å²) < 4.78 is 5.40. The van der Waals surface area contributed by atoms with Crippen molar-refractivity contribution < 1.29 is 19.4 Å². The Labute approximate surface area is 155 Å². The fourth-order valence-electron chi connectivity index (χ4n) is 1.98. The molecule has 0 saturated carbocycles. The molecule has 0 aliphatic rings. The smallest absolute Gasteiger partial charge is 0.347 e. The Hall–Kier alpha value is -2.24. The van der Waals surface area contributed by atoms with Crippen LogP contribution < -0.4 is 10.1 Å². The molecule has 5 nitrogen and oxygen atoms in total. The largest absolute Gasteiger partial charge is 0.478 e. The van der Waals surface area contributed by atoms with Crippen LogP contribution in [-0.2, 0) is 16.0 Å². The minimum absolute atomic E-state index is 0.154. The zero-order chi connectivity index (χ0) is 18.6. The molecule has 0 unspecified atom stereocenters. The molecule has 1 amide bonds. The average molecular weight is 382 g/mol. The SMILES string of the molecule is CC(C)(Oc1ccc(NC(=O)Cc2ccc(Cl)c(Cl)c2)cc1)C(=O)O. The van der Waals surface area contributed by atoms with Crippen molar-refractivity contribution in [2.24, 2.45) is 0 Å². The van der Waals surface area contributed by atoms with Crippen LogP contribution in [0.4, 0.5) is 5.69 Å². The third-order valence-corrected chi connectivity index (χ3v) is 4.11. The lowest BCUT2D eigenvalue weighted by atomic mass is 10.1. The minimum Gasteiger partial charge on any atom is -0.478 e. The zero-order valence-corrected chi connectivity index (χ0v) is 15.2. The van der Waals surface area contributed by atoms with Crippen LogP contribution >= 0.6 is 23.2 Å². The van der Waals surface area contributed by atoms with E-state index < -0.39 is 11.6 Å². The number of benzene rings is 2. The third kappa shape index (κ3) is 5.37. The summed E-state index contributed by atoms with van der Waals surface area (Å²) in [6, 6.07) is 11.5. The Bertz CT molecular complexity index is 788. The van der Waals surface area contributed by atoms with Crippen molar-refractivity contribution in [2.75, 3.05) is 5.32 Å². The second-order valence-electron chi connectivity index (χ2n) is 5.92. The van der Waals surface area contributed by atoms with Gasteiger partial charge in [0.1, 0.15) is 5.75 Å². The lowest BCUT2D eigenvalue weighted by Gasteiger charge is -2.21. The first-order valence-corrected chi connectivity index (χ1v) is 8.19. The van der Waals surface area contributed by atoms with Gasteiger partial charge in [-0.15, -0.1) is 0 Å². The van der Waals surface area contributed by atoms with Crippen LogP contribution in [0, 0.1) is 0 Å². The normalized spacial score (nSPS) is 11.0. The van der Waals surface area contributed by atoms with Crippen LogP contribution in [0.15, 0.2) is 42.5 Å². The maximum absolute atomic E-state index is 12.1. The molecule has 0 fully saturated rings. The molecule has 0 heterocycles. The molecule has 0 radical (unpaired) electrons. The van der Waals surface area contributed by atoms with E-state index in [1.807, 2.05) is 0 Å². The van der Waals surface area contributed by atoms with Crippen LogP contribution in [0.3, 0.4) is 0 Å². The maximum Gasteiger partial charge on any atom is 0.347 e. The van der Waals surface area contributed by atoms with Gasteiger partial charge in [0.05, 0.1) is 16.5 Å². The summed E-state index contributed by atoms with van der Waals surface area (Å²) >= 11 is 11.8. The number of carbonyl (C=O) groups excluding carboxylic acids is 1. The molecule has 0 bridgehead atoms. The Morgan fingerprint density at radius 2 is 1.72 bits per heavy atom. The molecule has 0 spiro atoms. The first-order valence-electron chi connectivity index (χ1n) is 7.43. The Kier molecular flexibility index (Phi) is 5.93. The van der Waals surface area contributed by atoms with Gasteiger partial charge in [0.2, 0.25) is 5.91 Å². The summed E-state index contributed by atoms with van der Waals surface area (Å²) in [5.41, 5.74) is -0.0147. The molecule has 25 heavy (non-hydrogen) atoms. The van der Waals surface area contributed by atoms with Gasteiger partial charge in [-0.3, -0.25) is 4.79 Å². The lowest BCUT2D eigenvalue weighted by molar-refractivity contribution is -0.152. The predicted molar refractivity (Wildman–Crippen MR) is 97.6 cm³/mol. The monoisotopic (exact) mass is 381 g/mol. The van der Waals surface area contributed by atoms with Gasteiger partial charge < -0.3 is 15.2 Å². The van der Waals surface area contributed by atoms with E-state index in [0.29, 0.717) is 21.5 Å². The van der Waals surface area contributed by atoms with Crippen molar-refractivity contribution in [2.45, 2.75) is 25.9 Å². The van der Waals surface area contributed by atoms with Crippen molar-refractivity contribution in [3.63, 3.8) is 0 Å². The molecule has 132 valence electrons. The molecular weight excluding hydrogens is 365 g/mol. The number of hydrogen-bond donors (Lipinski definition) is 2. The highest BCUT2D eigenvalue weighted by atomic mass is 35.5. The molecule has 0 aliphatic carbocycles. The molecule has 2 aromatic rings. The quantitative estimate of drug-likeness (QED) is 0.776. The van der Waals surface area contributed by atoms with Gasteiger partial charge in [-0.2, -0.15) is 0 Å². The number of carbonyl (C=O) groups is 2. The average Bonchev–Trinajstić information content (AvgIpc) is 2.52. The summed E-state index contributed by atoms with van der Waals surface area (Å²) in [5.74, 6) is -0.876. The molecule has 0 aliphatic heterocycles. The van der Waals surface area contributed by atoms with Crippen molar-refractivity contribution in [1.82, 2.24) is 0 Å². The Morgan fingerprint density at radius 1 is 1.08 bits per heavy atom.